The summed E-state index contributed by atoms with van der Waals surface area (Å²) in [6.45, 7) is 0. The zero-order chi connectivity index (χ0) is 16.9. The third-order valence-corrected chi connectivity index (χ3v) is 4.81. The fourth-order valence-corrected chi connectivity index (χ4v) is 3.42. The number of nitrogens with one attached hydrogen (secondary N) is 1. The molecule has 1 heterocycles. The number of methoxy groups -OCH3 is 2. The van der Waals surface area contributed by atoms with Crippen LogP contribution in [0, 0.1) is 5.92 Å². The first-order valence-electron chi connectivity index (χ1n) is 7.85. The Balaban J connectivity index is 1.78. The van der Waals surface area contributed by atoms with Crippen molar-refractivity contribution in [2.24, 2.45) is 5.92 Å². The van der Waals surface area contributed by atoms with Crippen molar-refractivity contribution in [1.29, 1.82) is 0 Å². The molecule has 1 aromatic carbocycles. The van der Waals surface area contributed by atoms with Gasteiger partial charge in [-0.25, -0.2) is 4.98 Å². The highest BCUT2D eigenvalue weighted by Gasteiger charge is 2.20. The molecule has 1 aliphatic carbocycles. The number of hydrogen-bond acceptors (Lipinski definition) is 5. The minimum absolute atomic E-state index is 0.0358. The second-order valence-corrected chi connectivity index (χ2v) is 6.43. The first kappa shape index (κ1) is 16.5. The monoisotopic (exact) mass is 344 g/mol. The Morgan fingerprint density at radius 2 is 2.17 bits per heavy atom. The Labute approximate surface area is 145 Å². The molecule has 3 rings (SSSR count). The van der Waals surface area contributed by atoms with E-state index in [2.05, 4.69) is 22.5 Å². The van der Waals surface area contributed by atoms with Gasteiger partial charge in [-0.1, -0.05) is 12.2 Å². The van der Waals surface area contributed by atoms with Gasteiger partial charge in [0.1, 0.15) is 11.5 Å². The fraction of sp³-hybridized carbons (Fsp3) is 0.333. The maximum absolute atomic E-state index is 12.3. The molecule has 1 N–H and O–H groups in total. The molecule has 0 bridgehead atoms. The van der Waals surface area contributed by atoms with Crippen LogP contribution in [0.2, 0.25) is 0 Å². The van der Waals surface area contributed by atoms with Gasteiger partial charge in [0.15, 0.2) is 5.13 Å². The highest BCUT2D eigenvalue weighted by molar-refractivity contribution is 7.14. The predicted molar refractivity (Wildman–Crippen MR) is 95.8 cm³/mol. The fourth-order valence-electron chi connectivity index (χ4n) is 2.71. The van der Waals surface area contributed by atoms with E-state index in [1.807, 2.05) is 23.6 Å². The average molecular weight is 344 g/mol. The number of amides is 1. The van der Waals surface area contributed by atoms with Crippen LogP contribution in [0.25, 0.3) is 11.3 Å². The third kappa shape index (κ3) is 3.59. The van der Waals surface area contributed by atoms with Crippen LogP contribution in [0.4, 0.5) is 5.13 Å². The van der Waals surface area contributed by atoms with Gasteiger partial charge in [-0.05, 0) is 37.5 Å². The summed E-state index contributed by atoms with van der Waals surface area (Å²) >= 11 is 1.41. The van der Waals surface area contributed by atoms with E-state index in [1.165, 1.54) is 11.3 Å². The summed E-state index contributed by atoms with van der Waals surface area (Å²) in [7, 11) is 3.24. The molecule has 0 aliphatic heterocycles. The molecule has 0 radical (unpaired) electrons. The number of carbonyl (C=O) groups is 1. The van der Waals surface area contributed by atoms with Crippen LogP contribution in [0.5, 0.6) is 11.5 Å². The number of carbonyl (C=O) groups excluding carboxylic acids is 1. The van der Waals surface area contributed by atoms with Gasteiger partial charge in [0.05, 0.1) is 19.9 Å². The number of aromatic nitrogens is 1. The van der Waals surface area contributed by atoms with Crippen molar-refractivity contribution in [3.8, 4) is 22.8 Å². The van der Waals surface area contributed by atoms with Crippen LogP contribution in [0.15, 0.2) is 35.7 Å². The number of rotatable bonds is 5. The Hall–Kier alpha value is -2.34. The van der Waals surface area contributed by atoms with Gasteiger partial charge < -0.3 is 14.8 Å². The van der Waals surface area contributed by atoms with E-state index >= 15 is 0 Å². The van der Waals surface area contributed by atoms with E-state index in [-0.39, 0.29) is 11.8 Å². The summed E-state index contributed by atoms with van der Waals surface area (Å²) in [6, 6.07) is 5.57. The van der Waals surface area contributed by atoms with Gasteiger partial charge in [-0.2, -0.15) is 0 Å². The summed E-state index contributed by atoms with van der Waals surface area (Å²) in [4.78, 5) is 16.8. The largest absolute Gasteiger partial charge is 0.497 e. The van der Waals surface area contributed by atoms with E-state index in [4.69, 9.17) is 9.47 Å². The van der Waals surface area contributed by atoms with E-state index < -0.39 is 0 Å². The quantitative estimate of drug-likeness (QED) is 0.829. The summed E-state index contributed by atoms with van der Waals surface area (Å²) < 4.78 is 10.7. The van der Waals surface area contributed by atoms with E-state index in [0.29, 0.717) is 5.13 Å². The van der Waals surface area contributed by atoms with Gasteiger partial charge in [-0.15, -0.1) is 11.3 Å². The Morgan fingerprint density at radius 1 is 1.29 bits per heavy atom. The molecule has 0 saturated heterocycles. The normalized spacial score (nSPS) is 16.7. The van der Waals surface area contributed by atoms with Crippen LogP contribution in [-0.2, 0) is 4.79 Å². The van der Waals surface area contributed by atoms with Crippen LogP contribution in [0.1, 0.15) is 19.3 Å². The van der Waals surface area contributed by atoms with Gasteiger partial charge in [0.2, 0.25) is 5.91 Å². The van der Waals surface area contributed by atoms with Crippen LogP contribution < -0.4 is 14.8 Å². The van der Waals surface area contributed by atoms with Gasteiger partial charge in [-0.3, -0.25) is 4.79 Å². The SMILES string of the molecule is COc1ccc(OC)c(-c2csc(NC(=O)C3CC=CCC3)n2)c1. The molecule has 2 aromatic rings. The molecule has 0 spiro atoms. The maximum Gasteiger partial charge on any atom is 0.229 e. The number of anilines is 1. The molecule has 126 valence electrons. The topological polar surface area (TPSA) is 60.5 Å². The number of thiazole rings is 1. The Kier molecular flexibility index (Phi) is 5.15. The Morgan fingerprint density at radius 3 is 2.88 bits per heavy atom. The zero-order valence-electron chi connectivity index (χ0n) is 13.7. The van der Waals surface area contributed by atoms with Gasteiger partial charge >= 0.3 is 0 Å². The number of hydrogen-bond donors (Lipinski definition) is 1. The number of allylic oxidation sites excluding steroid dienone is 2. The van der Waals surface area contributed by atoms with Crippen molar-refractivity contribution >= 4 is 22.4 Å². The lowest BCUT2D eigenvalue weighted by Crippen LogP contribution is -2.23. The smallest absolute Gasteiger partial charge is 0.229 e. The first-order valence-corrected chi connectivity index (χ1v) is 8.73. The van der Waals surface area contributed by atoms with Crippen molar-refractivity contribution in [2.75, 3.05) is 19.5 Å². The molecule has 1 atom stereocenters. The first-order chi connectivity index (χ1) is 11.7. The summed E-state index contributed by atoms with van der Waals surface area (Å²) in [5.41, 5.74) is 1.60. The van der Waals surface area contributed by atoms with Crippen LogP contribution in [0.3, 0.4) is 0 Å². The zero-order valence-corrected chi connectivity index (χ0v) is 14.6. The second-order valence-electron chi connectivity index (χ2n) is 5.57. The van der Waals surface area contributed by atoms with Gasteiger partial charge in [0, 0.05) is 16.9 Å². The molecule has 1 aliphatic rings. The molecule has 24 heavy (non-hydrogen) atoms. The lowest BCUT2D eigenvalue weighted by atomic mass is 9.94. The summed E-state index contributed by atoms with van der Waals surface area (Å²) in [6.07, 6.45) is 6.85. The standard InChI is InChI=1S/C18H20N2O3S/c1-22-13-8-9-16(23-2)14(10-13)15-11-24-18(19-15)20-17(21)12-6-4-3-5-7-12/h3-4,8-12H,5-7H2,1-2H3,(H,19,20,21). The number of nitrogens with zero attached hydrogens (tertiary/aromatic N) is 1. The van der Waals surface area contributed by atoms with Crippen LogP contribution in [-0.4, -0.2) is 25.1 Å². The molecular formula is C18H20N2O3S. The van der Waals surface area contributed by atoms with E-state index in [9.17, 15) is 4.79 Å². The van der Waals surface area contributed by atoms with Crippen molar-refractivity contribution < 1.29 is 14.3 Å². The molecular weight excluding hydrogens is 324 g/mol. The Bertz CT molecular complexity index is 754. The third-order valence-electron chi connectivity index (χ3n) is 4.06. The molecule has 1 amide bonds. The highest BCUT2D eigenvalue weighted by atomic mass is 32.1. The summed E-state index contributed by atoms with van der Waals surface area (Å²) in [5.74, 6) is 1.53. The van der Waals surface area contributed by atoms with E-state index in [0.717, 1.165) is 42.0 Å². The minimum Gasteiger partial charge on any atom is -0.497 e. The molecule has 1 aromatic heterocycles. The lowest BCUT2D eigenvalue weighted by Gasteiger charge is -2.16. The number of ether oxygens (including phenoxy) is 2. The van der Waals surface area contributed by atoms with Crippen molar-refractivity contribution in [3.63, 3.8) is 0 Å². The molecule has 0 fully saturated rings. The van der Waals surface area contributed by atoms with E-state index in [1.54, 1.807) is 14.2 Å². The van der Waals surface area contributed by atoms with Crippen molar-refractivity contribution in [1.82, 2.24) is 4.98 Å². The molecule has 6 heteroatoms. The van der Waals surface area contributed by atoms with Crippen LogP contribution >= 0.6 is 11.3 Å². The molecule has 5 nitrogen and oxygen atoms in total. The minimum atomic E-state index is 0.0358. The summed E-state index contributed by atoms with van der Waals surface area (Å²) in [5, 5.41) is 5.45. The lowest BCUT2D eigenvalue weighted by molar-refractivity contribution is -0.120. The van der Waals surface area contributed by atoms with Crippen molar-refractivity contribution in [3.05, 3.63) is 35.7 Å². The second kappa shape index (κ2) is 7.49. The highest BCUT2D eigenvalue weighted by Crippen LogP contribution is 2.35. The van der Waals surface area contributed by atoms with Crippen molar-refractivity contribution in [2.45, 2.75) is 19.3 Å². The molecule has 0 saturated carbocycles. The maximum atomic E-state index is 12.3. The number of benzene rings is 1. The molecule has 1 unspecified atom stereocenters. The predicted octanol–water partition coefficient (Wildman–Crippen LogP) is 4.12. The van der Waals surface area contributed by atoms with Gasteiger partial charge in [0.25, 0.3) is 0 Å². The average Bonchev–Trinajstić information content (AvgIpc) is 3.10.